The number of benzene rings is 2. The van der Waals surface area contributed by atoms with Gasteiger partial charge >= 0.3 is 0 Å². The minimum absolute atomic E-state index is 0.175. The Morgan fingerprint density at radius 3 is 2.56 bits per heavy atom. The van der Waals surface area contributed by atoms with Crippen LogP contribution in [0.5, 0.6) is 0 Å². The molecule has 2 aliphatic rings. The third-order valence-electron chi connectivity index (χ3n) is 4.97. The number of rotatable bonds is 1. The lowest BCUT2D eigenvalue weighted by molar-refractivity contribution is -0.121. The molecule has 0 saturated carbocycles. The molecule has 2 aliphatic heterocycles. The van der Waals surface area contributed by atoms with E-state index in [0.29, 0.717) is 29.8 Å². The summed E-state index contributed by atoms with van der Waals surface area (Å²) in [5.74, 6) is -0.868. The summed E-state index contributed by atoms with van der Waals surface area (Å²) < 4.78 is 0. The van der Waals surface area contributed by atoms with Crippen LogP contribution in [0.2, 0.25) is 0 Å². The van der Waals surface area contributed by atoms with E-state index in [-0.39, 0.29) is 17.7 Å². The van der Waals surface area contributed by atoms with E-state index in [4.69, 9.17) is 0 Å². The zero-order chi connectivity index (χ0) is 17.6. The molecule has 5 nitrogen and oxygen atoms in total. The highest BCUT2D eigenvalue weighted by molar-refractivity contribution is 6.26. The average molecular weight is 334 g/mol. The Hall–Kier alpha value is -2.95. The number of para-hydroxylation sites is 1. The number of anilines is 1. The molecule has 5 heteroatoms. The van der Waals surface area contributed by atoms with Gasteiger partial charge in [-0.05, 0) is 43.5 Å². The molecule has 0 aliphatic carbocycles. The molecule has 3 amide bonds. The Labute approximate surface area is 145 Å². The van der Waals surface area contributed by atoms with Gasteiger partial charge in [-0.15, -0.1) is 0 Å². The molecule has 1 atom stereocenters. The number of hydrogen-bond donors (Lipinski definition) is 0. The van der Waals surface area contributed by atoms with Gasteiger partial charge in [0.15, 0.2) is 0 Å². The second-order valence-electron chi connectivity index (χ2n) is 6.47. The lowest BCUT2D eigenvalue weighted by Gasteiger charge is -2.25. The predicted molar refractivity (Wildman–Crippen MR) is 93.5 cm³/mol. The molecule has 0 N–H and O–H groups in total. The third kappa shape index (κ3) is 2.35. The van der Waals surface area contributed by atoms with Crippen molar-refractivity contribution >= 4 is 23.4 Å². The maximum Gasteiger partial charge on any atom is 0.265 e. The maximum atomic E-state index is 13.2. The van der Waals surface area contributed by atoms with Crippen molar-refractivity contribution in [1.82, 2.24) is 4.90 Å². The number of nitrogens with zero attached hydrogens (tertiary/aromatic N) is 2. The molecular formula is C20H18N2O3. The van der Waals surface area contributed by atoms with Crippen molar-refractivity contribution in [2.75, 3.05) is 11.4 Å². The highest BCUT2D eigenvalue weighted by Gasteiger charge is 2.44. The average Bonchev–Trinajstić information content (AvgIpc) is 3.09. The molecule has 0 spiro atoms. The first-order valence-corrected chi connectivity index (χ1v) is 8.43. The van der Waals surface area contributed by atoms with Gasteiger partial charge in [-0.3, -0.25) is 14.4 Å². The van der Waals surface area contributed by atoms with Gasteiger partial charge in [-0.25, -0.2) is 4.90 Å². The van der Waals surface area contributed by atoms with Gasteiger partial charge in [-0.2, -0.15) is 0 Å². The summed E-state index contributed by atoms with van der Waals surface area (Å²) in [6.45, 7) is 2.39. The minimum Gasteiger partial charge on any atom is -0.327 e. The van der Waals surface area contributed by atoms with E-state index < -0.39 is 6.04 Å². The number of carbonyl (C=O) groups is 3. The van der Waals surface area contributed by atoms with E-state index in [9.17, 15) is 14.4 Å². The van der Waals surface area contributed by atoms with Crippen molar-refractivity contribution in [3.05, 3.63) is 65.2 Å². The summed E-state index contributed by atoms with van der Waals surface area (Å²) in [6, 6.07) is 13.5. The lowest BCUT2D eigenvalue weighted by Crippen LogP contribution is -2.47. The number of fused-ring (bicyclic) bond motifs is 2. The topological polar surface area (TPSA) is 57.7 Å². The number of aryl methyl sites for hydroxylation is 1. The lowest BCUT2D eigenvalue weighted by atomic mass is 10.1. The molecule has 1 fully saturated rings. The van der Waals surface area contributed by atoms with Crippen molar-refractivity contribution in [3.63, 3.8) is 0 Å². The van der Waals surface area contributed by atoms with Crippen molar-refractivity contribution in [2.24, 2.45) is 0 Å². The second kappa shape index (κ2) is 5.84. The van der Waals surface area contributed by atoms with E-state index in [2.05, 4.69) is 0 Å². The van der Waals surface area contributed by atoms with Crippen LogP contribution in [0.4, 0.5) is 5.69 Å². The Morgan fingerprint density at radius 2 is 1.76 bits per heavy atom. The van der Waals surface area contributed by atoms with Crippen molar-refractivity contribution in [3.8, 4) is 0 Å². The van der Waals surface area contributed by atoms with Crippen LogP contribution < -0.4 is 4.90 Å². The second-order valence-corrected chi connectivity index (χ2v) is 6.47. The molecular weight excluding hydrogens is 316 g/mol. The first-order valence-electron chi connectivity index (χ1n) is 8.43. The first-order chi connectivity index (χ1) is 12.1. The van der Waals surface area contributed by atoms with E-state index in [1.807, 2.05) is 19.1 Å². The molecule has 4 rings (SSSR count). The van der Waals surface area contributed by atoms with Gasteiger partial charge in [0, 0.05) is 12.1 Å². The van der Waals surface area contributed by atoms with Crippen LogP contribution >= 0.6 is 0 Å². The summed E-state index contributed by atoms with van der Waals surface area (Å²) in [5, 5.41) is 0. The normalized spacial score (nSPS) is 19.5. The van der Waals surface area contributed by atoms with Gasteiger partial charge in [0.05, 0.1) is 11.3 Å². The molecule has 2 aromatic rings. The molecule has 126 valence electrons. The zero-order valence-electron chi connectivity index (χ0n) is 13.9. The van der Waals surface area contributed by atoms with Crippen LogP contribution in [0.3, 0.4) is 0 Å². The van der Waals surface area contributed by atoms with Crippen molar-refractivity contribution in [2.45, 2.75) is 25.8 Å². The highest BCUT2D eigenvalue weighted by Crippen LogP contribution is 2.33. The first kappa shape index (κ1) is 15.6. The van der Waals surface area contributed by atoms with Crippen LogP contribution in [0, 0.1) is 6.92 Å². The Bertz CT molecular complexity index is 890. The predicted octanol–water partition coefficient (Wildman–Crippen LogP) is 2.79. The molecule has 25 heavy (non-hydrogen) atoms. The number of amides is 3. The zero-order valence-corrected chi connectivity index (χ0v) is 13.9. The standard InChI is InChI=1S/C20H18N2O3/c1-13-7-2-3-8-14(13)19(24)22-16-10-5-4-9-15(16)18(23)21-12-6-11-17(21)20(22)25/h2-5,7-10,17H,6,11-12H2,1H3. The quantitative estimate of drug-likeness (QED) is 0.754. The molecule has 2 heterocycles. The fourth-order valence-electron chi connectivity index (χ4n) is 3.68. The molecule has 2 aromatic carbocycles. The Morgan fingerprint density at radius 1 is 1.04 bits per heavy atom. The smallest absolute Gasteiger partial charge is 0.265 e. The van der Waals surface area contributed by atoms with Gasteiger partial charge in [0.25, 0.3) is 17.7 Å². The Kier molecular flexibility index (Phi) is 3.64. The van der Waals surface area contributed by atoms with E-state index in [0.717, 1.165) is 12.0 Å². The van der Waals surface area contributed by atoms with Crippen molar-refractivity contribution < 1.29 is 14.4 Å². The van der Waals surface area contributed by atoms with Crippen LogP contribution in [0.25, 0.3) is 0 Å². The molecule has 0 radical (unpaired) electrons. The Balaban J connectivity index is 1.89. The third-order valence-corrected chi connectivity index (χ3v) is 4.97. The molecule has 1 unspecified atom stereocenters. The fraction of sp³-hybridized carbons (Fsp3) is 0.250. The van der Waals surface area contributed by atoms with E-state index >= 15 is 0 Å². The maximum absolute atomic E-state index is 13.2. The van der Waals surface area contributed by atoms with Gasteiger partial charge in [-0.1, -0.05) is 30.3 Å². The van der Waals surface area contributed by atoms with Gasteiger partial charge in [0.1, 0.15) is 6.04 Å². The number of carbonyl (C=O) groups excluding carboxylic acids is 3. The molecule has 0 bridgehead atoms. The van der Waals surface area contributed by atoms with Gasteiger partial charge in [0.2, 0.25) is 0 Å². The SMILES string of the molecule is Cc1ccccc1C(=O)N1C(=O)C2CCCN2C(=O)c2ccccc21. The molecule has 0 aromatic heterocycles. The van der Waals surface area contributed by atoms with Gasteiger partial charge < -0.3 is 4.90 Å². The summed E-state index contributed by atoms with van der Waals surface area (Å²) in [4.78, 5) is 42.1. The summed E-state index contributed by atoms with van der Waals surface area (Å²) in [5.41, 5.74) is 2.06. The van der Waals surface area contributed by atoms with E-state index in [1.165, 1.54) is 4.90 Å². The number of hydrogen-bond acceptors (Lipinski definition) is 3. The van der Waals surface area contributed by atoms with E-state index in [1.54, 1.807) is 41.3 Å². The van der Waals surface area contributed by atoms with Crippen LogP contribution in [0.15, 0.2) is 48.5 Å². The monoisotopic (exact) mass is 334 g/mol. The summed E-state index contributed by atoms with van der Waals surface area (Å²) in [6.07, 6.45) is 1.37. The number of imide groups is 1. The van der Waals surface area contributed by atoms with Crippen LogP contribution in [-0.2, 0) is 4.79 Å². The van der Waals surface area contributed by atoms with Crippen LogP contribution in [-0.4, -0.2) is 35.2 Å². The largest absolute Gasteiger partial charge is 0.327 e. The van der Waals surface area contributed by atoms with Crippen molar-refractivity contribution in [1.29, 1.82) is 0 Å². The minimum atomic E-state index is -0.562. The molecule has 1 saturated heterocycles. The fourth-order valence-corrected chi connectivity index (χ4v) is 3.68. The summed E-state index contributed by atoms with van der Waals surface area (Å²) >= 11 is 0. The summed E-state index contributed by atoms with van der Waals surface area (Å²) in [7, 11) is 0. The van der Waals surface area contributed by atoms with Crippen LogP contribution in [0.1, 0.15) is 39.1 Å². The highest BCUT2D eigenvalue weighted by atomic mass is 16.2.